The van der Waals surface area contributed by atoms with Crippen molar-refractivity contribution in [2.45, 2.75) is 26.2 Å². The highest BCUT2D eigenvalue weighted by Crippen LogP contribution is 2.28. The van der Waals surface area contributed by atoms with E-state index >= 15 is 0 Å². The van der Waals surface area contributed by atoms with Crippen molar-refractivity contribution >= 4 is 23.2 Å². The molecule has 146 valence electrons. The molecule has 0 fully saturated rings. The number of carbonyl (C=O) groups is 2. The average Bonchev–Trinajstić information content (AvgIpc) is 2.78. The fraction of sp³-hybridized carbons (Fsp3) is 0.208. The summed E-state index contributed by atoms with van der Waals surface area (Å²) in [6.45, 7) is 2.71. The minimum Gasteiger partial charge on any atom is -0.320 e. The zero-order valence-electron chi connectivity index (χ0n) is 16.4. The molecule has 0 spiro atoms. The zero-order valence-corrected chi connectivity index (χ0v) is 16.4. The van der Waals surface area contributed by atoms with Crippen LogP contribution in [0.2, 0.25) is 0 Å². The van der Waals surface area contributed by atoms with Gasteiger partial charge < -0.3 is 10.2 Å². The van der Waals surface area contributed by atoms with Gasteiger partial charge in [0.2, 0.25) is 0 Å². The summed E-state index contributed by atoms with van der Waals surface area (Å²) in [5, 5.41) is 2.91. The minimum absolute atomic E-state index is 0.109. The Balaban J connectivity index is 1.58. The van der Waals surface area contributed by atoms with E-state index in [4.69, 9.17) is 0 Å². The predicted molar refractivity (Wildman–Crippen MR) is 114 cm³/mol. The third-order valence-electron chi connectivity index (χ3n) is 5.24. The summed E-state index contributed by atoms with van der Waals surface area (Å²) in [7, 11) is 0. The third-order valence-corrected chi connectivity index (χ3v) is 5.24. The van der Waals surface area contributed by atoms with E-state index in [1.807, 2.05) is 49.4 Å². The Labute approximate surface area is 170 Å². The van der Waals surface area contributed by atoms with Crippen LogP contribution >= 0.6 is 0 Å². The normalized spacial score (nSPS) is 12.9. The molecule has 4 rings (SSSR count). The molecule has 3 aromatic rings. The molecule has 2 amide bonds. The Morgan fingerprint density at radius 1 is 1.07 bits per heavy atom. The summed E-state index contributed by atoms with van der Waals surface area (Å²) in [6, 6.07) is 18.9. The molecule has 1 aromatic heterocycles. The number of para-hydroxylation sites is 2. The molecule has 1 aliphatic rings. The standard InChI is InChI=1S/C24H23N3O2/c1-2-17-8-3-5-11-20(17)26-23(28)21-16-19(13-14-25-21)24(29)27-15-7-10-18-9-4-6-12-22(18)27/h3-6,8-9,11-14,16H,2,7,10,15H2,1H3,(H,26,28). The van der Waals surface area contributed by atoms with Gasteiger partial charge in [0.15, 0.2) is 0 Å². The van der Waals surface area contributed by atoms with E-state index in [2.05, 4.69) is 16.4 Å². The van der Waals surface area contributed by atoms with Crippen molar-refractivity contribution in [3.63, 3.8) is 0 Å². The third kappa shape index (κ3) is 3.90. The van der Waals surface area contributed by atoms with Gasteiger partial charge >= 0.3 is 0 Å². The number of anilines is 2. The summed E-state index contributed by atoms with van der Waals surface area (Å²) in [5.74, 6) is -0.429. The molecular weight excluding hydrogens is 362 g/mol. The molecule has 2 aromatic carbocycles. The molecule has 0 unspecified atom stereocenters. The van der Waals surface area contributed by atoms with Crippen molar-refractivity contribution in [2.24, 2.45) is 0 Å². The van der Waals surface area contributed by atoms with Gasteiger partial charge in [0.25, 0.3) is 11.8 Å². The molecule has 0 saturated carbocycles. The molecule has 5 heteroatoms. The second-order valence-corrected chi connectivity index (χ2v) is 7.08. The van der Waals surface area contributed by atoms with Crippen LogP contribution in [0.15, 0.2) is 66.9 Å². The number of benzene rings is 2. The Morgan fingerprint density at radius 3 is 2.72 bits per heavy atom. The number of aryl methyl sites for hydroxylation is 2. The van der Waals surface area contributed by atoms with Gasteiger partial charge in [-0.1, -0.05) is 43.3 Å². The highest BCUT2D eigenvalue weighted by atomic mass is 16.2. The van der Waals surface area contributed by atoms with Crippen molar-refractivity contribution in [3.05, 3.63) is 89.2 Å². The van der Waals surface area contributed by atoms with Crippen LogP contribution in [0.1, 0.15) is 45.3 Å². The van der Waals surface area contributed by atoms with Crippen LogP contribution < -0.4 is 10.2 Å². The second-order valence-electron chi connectivity index (χ2n) is 7.08. The summed E-state index contributed by atoms with van der Waals surface area (Å²) in [5.41, 5.74) is 4.64. The Kier molecular flexibility index (Phi) is 5.38. The van der Waals surface area contributed by atoms with Crippen molar-refractivity contribution in [1.29, 1.82) is 0 Å². The van der Waals surface area contributed by atoms with Crippen molar-refractivity contribution < 1.29 is 9.59 Å². The van der Waals surface area contributed by atoms with Gasteiger partial charge in [-0.05, 0) is 54.7 Å². The minimum atomic E-state index is -0.320. The fourth-order valence-electron chi connectivity index (χ4n) is 3.73. The SMILES string of the molecule is CCc1ccccc1NC(=O)c1cc(C(=O)N2CCCc3ccccc32)ccn1. The summed E-state index contributed by atoms with van der Waals surface area (Å²) >= 11 is 0. The van der Waals surface area contributed by atoms with Crippen LogP contribution in [0.25, 0.3) is 0 Å². The first-order valence-corrected chi connectivity index (χ1v) is 9.92. The number of hydrogen-bond donors (Lipinski definition) is 1. The molecule has 5 nitrogen and oxygen atoms in total. The lowest BCUT2D eigenvalue weighted by atomic mass is 10.0. The Hall–Kier alpha value is -3.47. The van der Waals surface area contributed by atoms with Crippen LogP contribution in [0, 0.1) is 0 Å². The van der Waals surface area contributed by atoms with E-state index in [0.717, 1.165) is 36.2 Å². The van der Waals surface area contributed by atoms with Crippen molar-refractivity contribution in [2.75, 3.05) is 16.8 Å². The maximum absolute atomic E-state index is 13.2. The van der Waals surface area contributed by atoms with Crippen LogP contribution in [0.4, 0.5) is 11.4 Å². The van der Waals surface area contributed by atoms with E-state index in [9.17, 15) is 9.59 Å². The van der Waals surface area contributed by atoms with Gasteiger partial charge in [-0.2, -0.15) is 0 Å². The van der Waals surface area contributed by atoms with E-state index in [-0.39, 0.29) is 17.5 Å². The van der Waals surface area contributed by atoms with Gasteiger partial charge in [0.05, 0.1) is 0 Å². The monoisotopic (exact) mass is 385 g/mol. The smallest absolute Gasteiger partial charge is 0.274 e. The maximum atomic E-state index is 13.2. The van der Waals surface area contributed by atoms with Crippen molar-refractivity contribution in [3.8, 4) is 0 Å². The lowest BCUT2D eigenvalue weighted by molar-refractivity contribution is 0.0985. The number of carbonyl (C=O) groups excluding carboxylic acids is 2. The van der Waals surface area contributed by atoms with E-state index in [1.165, 1.54) is 11.8 Å². The van der Waals surface area contributed by atoms with Gasteiger partial charge in [0, 0.05) is 29.7 Å². The number of pyridine rings is 1. The predicted octanol–water partition coefficient (Wildman–Crippen LogP) is 4.49. The maximum Gasteiger partial charge on any atom is 0.274 e. The molecule has 0 bridgehead atoms. The summed E-state index contributed by atoms with van der Waals surface area (Å²) < 4.78 is 0. The molecule has 29 heavy (non-hydrogen) atoms. The Bertz CT molecular complexity index is 1060. The molecule has 2 heterocycles. The van der Waals surface area contributed by atoms with Crippen LogP contribution in [0.3, 0.4) is 0 Å². The highest BCUT2D eigenvalue weighted by molar-refractivity contribution is 6.09. The lowest BCUT2D eigenvalue weighted by Gasteiger charge is -2.29. The number of nitrogens with one attached hydrogen (secondary N) is 1. The first-order chi connectivity index (χ1) is 14.2. The largest absolute Gasteiger partial charge is 0.320 e. The number of fused-ring (bicyclic) bond motifs is 1. The van der Waals surface area contributed by atoms with Crippen molar-refractivity contribution in [1.82, 2.24) is 4.98 Å². The second kappa shape index (κ2) is 8.27. The van der Waals surface area contributed by atoms with Gasteiger partial charge in [-0.3, -0.25) is 14.6 Å². The van der Waals surface area contributed by atoms with Gasteiger partial charge in [-0.15, -0.1) is 0 Å². The number of hydrogen-bond acceptors (Lipinski definition) is 3. The molecule has 0 radical (unpaired) electrons. The highest BCUT2D eigenvalue weighted by Gasteiger charge is 2.24. The van der Waals surface area contributed by atoms with E-state index in [0.29, 0.717) is 12.1 Å². The number of aromatic nitrogens is 1. The van der Waals surface area contributed by atoms with Crippen LogP contribution in [-0.4, -0.2) is 23.3 Å². The summed E-state index contributed by atoms with van der Waals surface area (Å²) in [6.07, 6.45) is 4.23. The zero-order chi connectivity index (χ0) is 20.2. The van der Waals surface area contributed by atoms with Gasteiger partial charge in [0.1, 0.15) is 5.69 Å². The average molecular weight is 385 g/mol. The first kappa shape index (κ1) is 18.9. The number of amides is 2. The topological polar surface area (TPSA) is 62.3 Å². The molecule has 0 aliphatic carbocycles. The van der Waals surface area contributed by atoms with Gasteiger partial charge in [-0.25, -0.2) is 0 Å². The summed E-state index contributed by atoms with van der Waals surface area (Å²) in [4.78, 5) is 31.9. The Morgan fingerprint density at radius 2 is 1.86 bits per heavy atom. The number of nitrogens with zero attached hydrogens (tertiary/aromatic N) is 2. The molecule has 1 N–H and O–H groups in total. The first-order valence-electron chi connectivity index (χ1n) is 9.92. The fourth-order valence-corrected chi connectivity index (χ4v) is 3.73. The number of rotatable bonds is 4. The molecule has 0 atom stereocenters. The quantitative estimate of drug-likeness (QED) is 0.720. The molecule has 1 aliphatic heterocycles. The van der Waals surface area contributed by atoms with Crippen LogP contribution in [-0.2, 0) is 12.8 Å². The van der Waals surface area contributed by atoms with E-state index in [1.54, 1.807) is 17.0 Å². The lowest BCUT2D eigenvalue weighted by Crippen LogP contribution is -2.35. The molecule has 0 saturated heterocycles. The van der Waals surface area contributed by atoms with Crippen LogP contribution in [0.5, 0.6) is 0 Å². The van der Waals surface area contributed by atoms with E-state index < -0.39 is 0 Å². The molecular formula is C24H23N3O2.